The van der Waals surface area contributed by atoms with Crippen LogP contribution in [0.15, 0.2) is 455 Å². The fraction of sp³-hybridized carbons (Fsp3) is 0. The molecule has 27 aromatic rings. The number of aromatic nitrogens is 6. The molecule has 0 aliphatic carbocycles. The molecule has 0 radical (unpaired) electrons. The second kappa shape index (κ2) is 37.0. The van der Waals surface area contributed by atoms with Crippen LogP contribution in [-0.4, -0.2) is 27.4 Å². The fourth-order valence-corrected chi connectivity index (χ4v) is 22.4. The second-order valence-corrected chi connectivity index (χ2v) is 36.9. The summed E-state index contributed by atoms with van der Waals surface area (Å²) >= 11 is 0. The number of fused-ring (bicyclic) bond motifs is 18. The maximum atomic E-state index is 10.5. The first-order valence-electron chi connectivity index (χ1n) is 48.8. The topological polar surface area (TPSA) is 224 Å². The number of hydrogen-bond donors (Lipinski definition) is 0. The van der Waals surface area contributed by atoms with Crippen molar-refractivity contribution in [2.75, 3.05) is 0 Å². The molecular weight excluding hydrogens is 1830 g/mol. The van der Waals surface area contributed by atoms with E-state index in [4.69, 9.17) is 6.57 Å². The predicted molar refractivity (Wildman–Crippen MR) is 602 cm³/mol. The molecule has 0 fully saturated rings. The van der Waals surface area contributed by atoms with Crippen molar-refractivity contribution < 1.29 is 0 Å². The van der Waals surface area contributed by atoms with Gasteiger partial charge >= 0.3 is 0 Å². The van der Waals surface area contributed by atoms with Crippen LogP contribution in [0.2, 0.25) is 0 Å². The molecule has 0 atom stereocenters. The van der Waals surface area contributed by atoms with Crippen LogP contribution < -0.4 is 0 Å². The molecule has 150 heavy (non-hydrogen) atoms. The summed E-state index contributed by atoms with van der Waals surface area (Å²) in [5.74, 6) is 0. The van der Waals surface area contributed by atoms with E-state index in [0.29, 0.717) is 50.2 Å². The lowest BCUT2D eigenvalue weighted by atomic mass is 9.90. The number of benzene rings is 21. The molecule has 0 N–H and O–H groups in total. The molecule has 690 valence electrons. The van der Waals surface area contributed by atoms with E-state index in [1.807, 2.05) is 237 Å². The molecule has 0 bridgehead atoms. The van der Waals surface area contributed by atoms with E-state index in [9.17, 15) is 42.1 Å². The van der Waals surface area contributed by atoms with Gasteiger partial charge in [0.25, 0.3) is 0 Å². The summed E-state index contributed by atoms with van der Waals surface area (Å²) in [6.45, 7) is 7.54. The highest BCUT2D eigenvalue weighted by atomic mass is 15.0. The average Bonchev–Trinajstić information content (AvgIpc) is 1.57. The summed E-state index contributed by atoms with van der Waals surface area (Å²) in [5, 5.41) is 92.2. The first-order valence-corrected chi connectivity index (χ1v) is 48.8. The van der Waals surface area contributed by atoms with Crippen LogP contribution >= 0.6 is 0 Å². The summed E-state index contributed by atoms with van der Waals surface area (Å²) in [6, 6.07) is 171. The lowest BCUT2D eigenvalue weighted by Gasteiger charge is -2.19. The number of nitrogens with zero attached hydrogens (tertiary/aromatic N) is 15. The van der Waals surface area contributed by atoms with Crippen LogP contribution in [0, 0.1) is 97.2 Å². The smallest absolute Gasteiger partial charge is 0.188 e. The molecule has 0 saturated carbocycles. The van der Waals surface area contributed by atoms with Crippen molar-refractivity contribution in [3.63, 3.8) is 0 Å². The minimum atomic E-state index is 0.513. The number of nitriles is 8. The van der Waals surface area contributed by atoms with Gasteiger partial charge < -0.3 is 27.4 Å². The third-order valence-corrected chi connectivity index (χ3v) is 28.9. The normalized spacial score (nSPS) is 11.1. The zero-order valence-electron chi connectivity index (χ0n) is 80.0. The largest absolute Gasteiger partial charge is 0.309 e. The Balaban J connectivity index is 0.000000116. The number of rotatable bonds is 12. The Bertz CT molecular complexity index is 10800. The van der Waals surface area contributed by atoms with Gasteiger partial charge in [-0.15, -0.1) is 0 Å². The van der Waals surface area contributed by atoms with Gasteiger partial charge in [-0.25, -0.2) is 4.85 Å². The zero-order valence-corrected chi connectivity index (χ0v) is 80.0. The molecule has 6 aromatic heterocycles. The van der Waals surface area contributed by atoms with Crippen LogP contribution in [0.25, 0.3) is 237 Å². The van der Waals surface area contributed by atoms with E-state index >= 15 is 0 Å². The van der Waals surface area contributed by atoms with Gasteiger partial charge in [-0.05, 0) is 262 Å². The molecule has 27 rings (SSSR count). The van der Waals surface area contributed by atoms with Crippen molar-refractivity contribution >= 4 is 137 Å². The quantitative estimate of drug-likeness (QED) is 0.107. The van der Waals surface area contributed by atoms with E-state index in [0.717, 1.165) is 221 Å². The Kier molecular flexibility index (Phi) is 22.0. The Labute approximate surface area is 860 Å². The Hall–Kier alpha value is -22.2. The Morgan fingerprint density at radius 2 is 0.473 bits per heavy atom. The van der Waals surface area contributed by atoms with Gasteiger partial charge in [0.1, 0.15) is 6.07 Å². The molecule has 21 aromatic carbocycles. The lowest BCUT2D eigenvalue weighted by molar-refractivity contribution is 1.17. The van der Waals surface area contributed by atoms with Crippen molar-refractivity contribution in [3.8, 4) is 149 Å². The van der Waals surface area contributed by atoms with Gasteiger partial charge in [0.15, 0.2) is 5.69 Å². The van der Waals surface area contributed by atoms with E-state index in [2.05, 4.69) is 293 Å². The number of para-hydroxylation sites is 7. The molecular formula is C135H75N15. The van der Waals surface area contributed by atoms with Crippen molar-refractivity contribution in [3.05, 3.63) is 511 Å². The van der Waals surface area contributed by atoms with Crippen LogP contribution in [0.4, 0.5) is 5.69 Å². The first-order chi connectivity index (χ1) is 74.0. The number of hydrogen-bond acceptors (Lipinski definition) is 8. The third-order valence-electron chi connectivity index (χ3n) is 28.9. The highest BCUT2D eigenvalue weighted by Crippen LogP contribution is 2.49. The monoisotopic (exact) mass is 1910 g/mol. The summed E-state index contributed by atoms with van der Waals surface area (Å²) in [6.07, 6.45) is 0. The molecule has 0 aliphatic rings. The van der Waals surface area contributed by atoms with Crippen LogP contribution in [0.3, 0.4) is 0 Å². The average molecular weight is 1910 g/mol. The standard InChI is InChI=1S/3C45H25N5/c1-48-32-18-23-43-40(26-32)37-11-4-6-12-41(37)49(43)33-19-16-31(17-20-33)34-8-2-3-9-35(34)38-24-29(27-46)14-21-44(38)50-42-13-7-5-10-36(42)39-25-30(28-47)15-22-45(39)50;46-26-29-19-24-42-39(25-29)38-15-7-10-32(28-48)45(38)50(42)43-18-8-9-31(27-47)44(43)37-14-2-1-11-34(37)30-20-22-33(23-21-30)49-40-16-5-3-12-35(40)36-13-4-6-17-41(36)49;46-26-29-16-22-42(50-40-13-5-3-11-36(40)39-25-30(27-47)17-23-43(39)50)38(24-29)35-10-2-1-9-34(35)31-18-20-33(21-19-31)49-41-14-6-4-12-37(41)45-32(28-48)8-7-15-44(45)49/h2-26H;2*1-25H. The van der Waals surface area contributed by atoms with Gasteiger partial charge in [0.2, 0.25) is 0 Å². The molecule has 6 heterocycles. The maximum absolute atomic E-state index is 10.5. The third kappa shape index (κ3) is 14.7. The molecule has 0 spiro atoms. The summed E-state index contributed by atoms with van der Waals surface area (Å²) in [4.78, 5) is 3.67. The van der Waals surface area contributed by atoms with Gasteiger partial charge in [0.05, 0.1) is 177 Å². The minimum absolute atomic E-state index is 0.513. The SMILES string of the molecule is N#Cc1ccc(-n2c3ccccc3c3cc(C#N)ccc32)c(-c2ccccc2-c2ccc(-n3c4ccccc4c4c(C#N)cccc43)cc2)c1.N#Cc1ccc2c(c1)c1cccc(C#N)c1n2-c1cccc(C#N)c1-c1ccccc1-c1ccc(-n2c3ccccc3c3ccccc32)cc1.[C-]#[N+]c1ccc2c(c1)c1ccccc1n2-c1ccc(-c2ccccc2-c2cc(C#N)ccc2-n2c3ccccc3c3cc(C#N)ccc32)cc1. The predicted octanol–water partition coefficient (Wildman–Crippen LogP) is 33.2. The lowest BCUT2D eigenvalue weighted by Crippen LogP contribution is -2.01. The molecule has 0 saturated heterocycles. The van der Waals surface area contributed by atoms with Gasteiger partial charge in [-0.2, -0.15) is 42.1 Å². The highest BCUT2D eigenvalue weighted by molar-refractivity contribution is 6.17. The maximum Gasteiger partial charge on any atom is 0.188 e. The van der Waals surface area contributed by atoms with Crippen molar-refractivity contribution in [2.45, 2.75) is 0 Å². The van der Waals surface area contributed by atoms with Gasteiger partial charge in [0, 0.05) is 93.0 Å². The van der Waals surface area contributed by atoms with E-state index in [-0.39, 0.29) is 0 Å². The summed E-state index contributed by atoms with van der Waals surface area (Å²) in [7, 11) is 0. The van der Waals surface area contributed by atoms with E-state index in [1.165, 1.54) is 10.8 Å². The van der Waals surface area contributed by atoms with Gasteiger partial charge in [-0.1, -0.05) is 249 Å². The zero-order chi connectivity index (χ0) is 101. The fourth-order valence-electron chi connectivity index (χ4n) is 22.4. The molecule has 15 nitrogen and oxygen atoms in total. The van der Waals surface area contributed by atoms with Crippen molar-refractivity contribution in [1.29, 1.82) is 42.1 Å². The molecule has 0 aliphatic heterocycles. The van der Waals surface area contributed by atoms with Crippen molar-refractivity contribution in [2.24, 2.45) is 0 Å². The Morgan fingerprint density at radius 1 is 0.180 bits per heavy atom. The van der Waals surface area contributed by atoms with E-state index in [1.54, 1.807) is 6.07 Å². The molecule has 0 unspecified atom stereocenters. The Morgan fingerprint density at radius 3 is 0.907 bits per heavy atom. The summed E-state index contributed by atoms with van der Waals surface area (Å²) < 4.78 is 13.3. The van der Waals surface area contributed by atoms with Crippen LogP contribution in [0.1, 0.15) is 44.5 Å². The van der Waals surface area contributed by atoms with Crippen LogP contribution in [0.5, 0.6) is 0 Å². The van der Waals surface area contributed by atoms with E-state index < -0.39 is 0 Å². The minimum Gasteiger partial charge on any atom is -0.309 e. The molecule has 15 heteroatoms. The first kappa shape index (κ1) is 89.2. The molecule has 0 amide bonds. The highest BCUT2D eigenvalue weighted by Gasteiger charge is 2.28. The second-order valence-electron chi connectivity index (χ2n) is 36.9. The van der Waals surface area contributed by atoms with Crippen LogP contribution in [-0.2, 0) is 0 Å². The summed E-state index contributed by atoms with van der Waals surface area (Å²) in [5.41, 5.74) is 34.9. The van der Waals surface area contributed by atoms with Crippen molar-refractivity contribution in [1.82, 2.24) is 27.4 Å². The van der Waals surface area contributed by atoms with Gasteiger partial charge in [-0.3, -0.25) is 0 Å².